The molecule has 0 spiro atoms. The highest BCUT2D eigenvalue weighted by Gasteiger charge is 2.29. The first-order chi connectivity index (χ1) is 14.6. The van der Waals surface area contributed by atoms with Gasteiger partial charge in [0, 0.05) is 6.42 Å². The van der Waals surface area contributed by atoms with Crippen LogP contribution >= 0.6 is 0 Å². The van der Waals surface area contributed by atoms with Crippen LogP contribution < -0.4 is 25.8 Å². The number of alkyl halides is 3. The van der Waals surface area contributed by atoms with Crippen molar-refractivity contribution in [2.75, 3.05) is 13.7 Å². The van der Waals surface area contributed by atoms with E-state index in [1.54, 1.807) is 6.92 Å². The number of hydrogen-bond acceptors (Lipinski definition) is 4. The Morgan fingerprint density at radius 2 is 1.74 bits per heavy atom. The van der Waals surface area contributed by atoms with Crippen molar-refractivity contribution in [2.24, 2.45) is 5.73 Å². The average Bonchev–Trinajstić information content (AvgIpc) is 2.71. The maximum Gasteiger partial charge on any atom is 0.422 e. The average molecular weight is 439 g/mol. The van der Waals surface area contributed by atoms with Crippen LogP contribution in [0.2, 0.25) is 0 Å². The minimum absolute atomic E-state index is 0.0700. The Kier molecular flexibility index (Phi) is 8.12. The summed E-state index contributed by atoms with van der Waals surface area (Å²) in [5.41, 5.74) is 6.60. The molecule has 2 aromatic rings. The molecule has 3 amide bonds. The van der Waals surface area contributed by atoms with E-state index in [4.69, 9.17) is 15.2 Å². The molecule has 0 aliphatic rings. The molecular formula is C21H24F3N3O4. The van der Waals surface area contributed by atoms with Gasteiger partial charge >= 0.3 is 12.2 Å². The van der Waals surface area contributed by atoms with Crippen molar-refractivity contribution in [1.82, 2.24) is 10.6 Å². The number of amides is 3. The van der Waals surface area contributed by atoms with Crippen molar-refractivity contribution >= 4 is 11.9 Å². The zero-order valence-corrected chi connectivity index (χ0v) is 17.0. The summed E-state index contributed by atoms with van der Waals surface area (Å²) in [5.74, 6) is -0.440. The zero-order valence-electron chi connectivity index (χ0n) is 17.0. The van der Waals surface area contributed by atoms with Crippen LogP contribution in [0, 0.1) is 0 Å². The van der Waals surface area contributed by atoms with Gasteiger partial charge in [0.15, 0.2) is 18.1 Å². The van der Waals surface area contributed by atoms with Gasteiger partial charge < -0.3 is 25.8 Å². The van der Waals surface area contributed by atoms with Gasteiger partial charge in [0.25, 0.3) is 0 Å². The van der Waals surface area contributed by atoms with E-state index in [2.05, 4.69) is 10.6 Å². The molecule has 10 heteroatoms. The fraction of sp³-hybridized carbons (Fsp3) is 0.333. The second-order valence-electron chi connectivity index (χ2n) is 6.80. The van der Waals surface area contributed by atoms with Gasteiger partial charge in [-0.15, -0.1) is 0 Å². The first kappa shape index (κ1) is 23.8. The van der Waals surface area contributed by atoms with Gasteiger partial charge in [0.2, 0.25) is 5.91 Å². The highest BCUT2D eigenvalue weighted by molar-refractivity contribution is 5.87. The molecule has 0 aliphatic heterocycles. The molecule has 2 atom stereocenters. The second-order valence-corrected chi connectivity index (χ2v) is 6.80. The Morgan fingerprint density at radius 1 is 1.06 bits per heavy atom. The lowest BCUT2D eigenvalue weighted by atomic mass is 10.0. The highest BCUT2D eigenvalue weighted by atomic mass is 19.4. The summed E-state index contributed by atoms with van der Waals surface area (Å²) in [4.78, 5) is 24.1. The van der Waals surface area contributed by atoms with Crippen LogP contribution in [-0.4, -0.2) is 37.9 Å². The molecule has 0 unspecified atom stereocenters. The van der Waals surface area contributed by atoms with Crippen molar-refractivity contribution in [1.29, 1.82) is 0 Å². The quantitative estimate of drug-likeness (QED) is 0.559. The molecule has 0 fully saturated rings. The summed E-state index contributed by atoms with van der Waals surface area (Å²) >= 11 is 0. The Morgan fingerprint density at radius 3 is 2.32 bits per heavy atom. The normalized spacial score (nSPS) is 13.1. The minimum Gasteiger partial charge on any atom is -0.493 e. The Balaban J connectivity index is 2.11. The standard InChI is InChI=1S/C21H24F3N3O4/c1-13(15-8-9-17(18(11-15)30-2)31-12-21(22,23)24)26-19(28)16(27-20(25)29)10-14-6-4-3-5-7-14/h3-9,11,13,16H,10,12H2,1-2H3,(H,26,28)(H3,25,27,29)/t13-,16-/m0/s1. The number of urea groups is 1. The van der Waals surface area contributed by atoms with E-state index in [-0.39, 0.29) is 17.9 Å². The third-order valence-electron chi connectivity index (χ3n) is 4.35. The predicted molar refractivity (Wildman–Crippen MR) is 108 cm³/mol. The van der Waals surface area contributed by atoms with E-state index < -0.39 is 36.8 Å². The summed E-state index contributed by atoms with van der Waals surface area (Å²) in [5, 5.41) is 5.19. The number of carbonyl (C=O) groups is 2. The van der Waals surface area contributed by atoms with Crippen LogP contribution in [0.25, 0.3) is 0 Å². The third-order valence-corrected chi connectivity index (χ3v) is 4.35. The number of primary amides is 1. The van der Waals surface area contributed by atoms with E-state index in [0.29, 0.717) is 5.56 Å². The maximum atomic E-state index is 12.7. The molecule has 0 saturated carbocycles. The predicted octanol–water partition coefficient (Wildman–Crippen LogP) is 3.09. The lowest BCUT2D eigenvalue weighted by Crippen LogP contribution is -2.50. The molecular weight excluding hydrogens is 415 g/mol. The minimum atomic E-state index is -4.48. The van der Waals surface area contributed by atoms with Crippen molar-refractivity contribution in [3.05, 3.63) is 59.7 Å². The van der Waals surface area contributed by atoms with Crippen molar-refractivity contribution < 1.29 is 32.2 Å². The van der Waals surface area contributed by atoms with E-state index >= 15 is 0 Å². The van der Waals surface area contributed by atoms with Gasteiger partial charge in [0.05, 0.1) is 13.2 Å². The zero-order chi connectivity index (χ0) is 23.0. The van der Waals surface area contributed by atoms with Gasteiger partial charge in [-0.3, -0.25) is 4.79 Å². The molecule has 0 aromatic heterocycles. The van der Waals surface area contributed by atoms with E-state index in [0.717, 1.165) is 5.56 Å². The Labute approximate surface area is 177 Å². The van der Waals surface area contributed by atoms with Crippen LogP contribution in [0.15, 0.2) is 48.5 Å². The van der Waals surface area contributed by atoms with Gasteiger partial charge in [-0.1, -0.05) is 36.4 Å². The monoisotopic (exact) mass is 439 g/mol. The number of hydrogen-bond donors (Lipinski definition) is 3. The van der Waals surface area contributed by atoms with E-state index in [9.17, 15) is 22.8 Å². The number of ether oxygens (including phenoxy) is 2. The number of nitrogens with one attached hydrogen (secondary N) is 2. The molecule has 31 heavy (non-hydrogen) atoms. The SMILES string of the molecule is COc1cc([C@H](C)NC(=O)[C@H](Cc2ccccc2)NC(N)=O)ccc1OCC(F)(F)F. The first-order valence-electron chi connectivity index (χ1n) is 9.37. The maximum absolute atomic E-state index is 12.7. The topological polar surface area (TPSA) is 103 Å². The van der Waals surface area contributed by atoms with E-state index in [1.807, 2.05) is 30.3 Å². The van der Waals surface area contributed by atoms with Crippen molar-refractivity contribution in [2.45, 2.75) is 31.6 Å². The Hall–Kier alpha value is -3.43. The summed E-state index contributed by atoms with van der Waals surface area (Å²) < 4.78 is 47.1. The van der Waals surface area contributed by atoms with Crippen molar-refractivity contribution in [3.8, 4) is 11.5 Å². The number of halogens is 3. The molecule has 0 aliphatic carbocycles. The van der Waals surface area contributed by atoms with Gasteiger partial charge in [-0.25, -0.2) is 4.79 Å². The lowest BCUT2D eigenvalue weighted by Gasteiger charge is -2.22. The molecule has 4 N–H and O–H groups in total. The molecule has 2 rings (SSSR count). The number of nitrogens with two attached hydrogens (primary N) is 1. The molecule has 7 nitrogen and oxygen atoms in total. The molecule has 0 heterocycles. The molecule has 0 radical (unpaired) electrons. The van der Waals surface area contributed by atoms with Crippen LogP contribution in [0.3, 0.4) is 0 Å². The molecule has 0 bridgehead atoms. The summed E-state index contributed by atoms with van der Waals surface area (Å²) in [6, 6.07) is 11.1. The Bertz CT molecular complexity index is 891. The third kappa shape index (κ3) is 7.72. The lowest BCUT2D eigenvalue weighted by molar-refractivity contribution is -0.153. The van der Waals surface area contributed by atoms with Gasteiger partial charge in [-0.05, 0) is 30.2 Å². The van der Waals surface area contributed by atoms with Gasteiger partial charge in [0.1, 0.15) is 6.04 Å². The smallest absolute Gasteiger partial charge is 0.422 e. The summed E-state index contributed by atoms with van der Waals surface area (Å²) in [7, 11) is 1.30. The van der Waals surface area contributed by atoms with Crippen molar-refractivity contribution in [3.63, 3.8) is 0 Å². The van der Waals surface area contributed by atoms with E-state index in [1.165, 1.54) is 25.3 Å². The fourth-order valence-corrected chi connectivity index (χ4v) is 2.86. The fourth-order valence-electron chi connectivity index (χ4n) is 2.86. The highest BCUT2D eigenvalue weighted by Crippen LogP contribution is 2.31. The van der Waals surface area contributed by atoms with Crippen LogP contribution in [-0.2, 0) is 11.2 Å². The van der Waals surface area contributed by atoms with Gasteiger partial charge in [-0.2, -0.15) is 13.2 Å². The number of rotatable bonds is 9. The van der Waals surface area contributed by atoms with Crippen LogP contribution in [0.5, 0.6) is 11.5 Å². The molecule has 168 valence electrons. The summed E-state index contributed by atoms with van der Waals surface area (Å²) in [6.45, 7) is 0.238. The number of benzene rings is 2. The first-order valence-corrected chi connectivity index (χ1v) is 9.37. The number of methoxy groups -OCH3 is 1. The molecule has 2 aromatic carbocycles. The second kappa shape index (κ2) is 10.6. The largest absolute Gasteiger partial charge is 0.493 e. The van der Waals surface area contributed by atoms with Crippen LogP contribution in [0.4, 0.5) is 18.0 Å². The van der Waals surface area contributed by atoms with Crippen LogP contribution in [0.1, 0.15) is 24.1 Å². The summed E-state index contributed by atoms with van der Waals surface area (Å²) in [6.07, 6.45) is -4.25. The number of carbonyl (C=O) groups excluding carboxylic acids is 2. The molecule has 0 saturated heterocycles.